The van der Waals surface area contributed by atoms with Gasteiger partial charge in [-0.2, -0.15) is 5.11 Å². The summed E-state index contributed by atoms with van der Waals surface area (Å²) in [6.07, 6.45) is -0.294. The smallest absolute Gasteiger partial charge is 0.323 e. The summed E-state index contributed by atoms with van der Waals surface area (Å²) < 4.78 is 0. The van der Waals surface area contributed by atoms with E-state index in [9.17, 15) is 4.79 Å². The standard InChI is InChI=1S/C18H19N5O.ClH/c1-21(2)11-13-7-9-14(10-8-13)22-12-23-17(19-20-18(23)24)15-5-3-4-6-16(15)22;/h3-10,17H,11-12H2,1-2H3;1H. The number of hydrogen-bond acceptors (Lipinski definition) is 4. The van der Waals surface area contributed by atoms with Crippen molar-refractivity contribution in [2.75, 3.05) is 25.7 Å². The number of nitrogens with zero attached hydrogens (tertiary/aromatic N) is 5. The molecule has 0 fully saturated rings. The van der Waals surface area contributed by atoms with Gasteiger partial charge in [0.1, 0.15) is 6.67 Å². The van der Waals surface area contributed by atoms with Gasteiger partial charge >= 0.3 is 6.03 Å². The molecule has 2 aromatic carbocycles. The summed E-state index contributed by atoms with van der Waals surface area (Å²) in [4.78, 5) is 18.0. The molecule has 1 unspecified atom stereocenters. The minimum Gasteiger partial charge on any atom is -0.323 e. The minimum absolute atomic E-state index is 0. The Balaban J connectivity index is 0.00000182. The van der Waals surface area contributed by atoms with Crippen molar-refractivity contribution in [3.8, 4) is 0 Å². The number of halogens is 1. The molecule has 2 aliphatic rings. The molecule has 0 spiro atoms. The Morgan fingerprint density at radius 2 is 1.84 bits per heavy atom. The van der Waals surface area contributed by atoms with Crippen LogP contribution < -0.4 is 4.90 Å². The van der Waals surface area contributed by atoms with Crippen LogP contribution in [-0.2, 0) is 6.54 Å². The Morgan fingerprint density at radius 3 is 2.56 bits per heavy atom. The molecule has 0 N–H and O–H groups in total. The summed E-state index contributed by atoms with van der Waals surface area (Å²) >= 11 is 0. The number of amides is 2. The van der Waals surface area contributed by atoms with Crippen molar-refractivity contribution < 1.29 is 4.79 Å². The summed E-state index contributed by atoms with van der Waals surface area (Å²) in [6, 6.07) is 16.2. The highest BCUT2D eigenvalue weighted by molar-refractivity contribution is 5.85. The molecule has 2 heterocycles. The van der Waals surface area contributed by atoms with Crippen LogP contribution in [0.15, 0.2) is 58.8 Å². The number of para-hydroxylation sites is 1. The van der Waals surface area contributed by atoms with Crippen LogP contribution in [0.3, 0.4) is 0 Å². The Hall–Kier alpha value is -2.44. The van der Waals surface area contributed by atoms with Gasteiger partial charge in [-0.05, 0) is 37.9 Å². The first-order valence-electron chi connectivity index (χ1n) is 7.95. The van der Waals surface area contributed by atoms with Gasteiger partial charge in [-0.3, -0.25) is 4.90 Å². The van der Waals surface area contributed by atoms with Crippen LogP contribution in [0.1, 0.15) is 17.3 Å². The molecule has 0 bridgehead atoms. The Labute approximate surface area is 153 Å². The van der Waals surface area contributed by atoms with Crippen molar-refractivity contribution in [3.63, 3.8) is 0 Å². The van der Waals surface area contributed by atoms with Crippen LogP contribution in [0.5, 0.6) is 0 Å². The molecule has 0 aliphatic carbocycles. The number of anilines is 2. The maximum absolute atomic E-state index is 12.0. The maximum atomic E-state index is 12.0. The van der Waals surface area contributed by atoms with E-state index in [1.54, 1.807) is 4.90 Å². The molecule has 0 aromatic heterocycles. The van der Waals surface area contributed by atoms with E-state index in [0.29, 0.717) is 6.67 Å². The van der Waals surface area contributed by atoms with E-state index in [1.165, 1.54) is 5.56 Å². The quantitative estimate of drug-likeness (QED) is 0.828. The SMILES string of the molecule is CN(C)Cc1ccc(N2CN3C(=O)N=NC3c3ccccc32)cc1.Cl. The Bertz CT molecular complexity index is 805. The van der Waals surface area contributed by atoms with Gasteiger partial charge in [0, 0.05) is 17.8 Å². The normalized spacial score (nSPS) is 18.2. The zero-order valence-corrected chi connectivity index (χ0v) is 15.0. The molecule has 7 heteroatoms. The molecular formula is C18H20ClN5O. The van der Waals surface area contributed by atoms with Crippen LogP contribution in [0.25, 0.3) is 0 Å². The molecule has 25 heavy (non-hydrogen) atoms. The van der Waals surface area contributed by atoms with Gasteiger partial charge in [-0.15, -0.1) is 12.4 Å². The van der Waals surface area contributed by atoms with E-state index in [4.69, 9.17) is 0 Å². The number of azo groups is 1. The van der Waals surface area contributed by atoms with Crippen molar-refractivity contribution in [2.45, 2.75) is 12.7 Å². The molecular weight excluding hydrogens is 338 g/mol. The van der Waals surface area contributed by atoms with Crippen molar-refractivity contribution in [3.05, 3.63) is 59.7 Å². The lowest BCUT2D eigenvalue weighted by atomic mass is 10.1. The summed E-state index contributed by atoms with van der Waals surface area (Å²) in [5, 5.41) is 7.86. The largest absolute Gasteiger partial charge is 0.365 e. The predicted octanol–water partition coefficient (Wildman–Crippen LogP) is 4.17. The third-order valence-corrected chi connectivity index (χ3v) is 4.34. The van der Waals surface area contributed by atoms with Crippen molar-refractivity contribution in [1.82, 2.24) is 9.80 Å². The molecule has 1 atom stereocenters. The van der Waals surface area contributed by atoms with Crippen LogP contribution >= 0.6 is 12.4 Å². The van der Waals surface area contributed by atoms with Gasteiger partial charge < -0.3 is 9.80 Å². The number of rotatable bonds is 3. The summed E-state index contributed by atoms with van der Waals surface area (Å²) in [6.45, 7) is 1.36. The van der Waals surface area contributed by atoms with E-state index in [-0.39, 0.29) is 24.6 Å². The third-order valence-electron chi connectivity index (χ3n) is 4.34. The van der Waals surface area contributed by atoms with Crippen LogP contribution in [0.4, 0.5) is 16.2 Å². The Morgan fingerprint density at radius 1 is 1.12 bits per heavy atom. The van der Waals surface area contributed by atoms with E-state index in [2.05, 4.69) is 64.5 Å². The fourth-order valence-corrected chi connectivity index (χ4v) is 3.24. The summed E-state index contributed by atoms with van der Waals surface area (Å²) in [5.41, 5.74) is 4.40. The molecule has 6 nitrogen and oxygen atoms in total. The molecule has 0 saturated carbocycles. The number of carbonyl (C=O) groups excluding carboxylic acids is 1. The lowest BCUT2D eigenvalue weighted by Crippen LogP contribution is -2.42. The van der Waals surface area contributed by atoms with Gasteiger partial charge in [0.05, 0.1) is 5.69 Å². The molecule has 2 aromatic rings. The molecule has 0 radical (unpaired) electrons. The van der Waals surface area contributed by atoms with E-state index in [0.717, 1.165) is 23.5 Å². The van der Waals surface area contributed by atoms with E-state index in [1.807, 2.05) is 18.2 Å². The van der Waals surface area contributed by atoms with E-state index >= 15 is 0 Å². The summed E-state index contributed by atoms with van der Waals surface area (Å²) in [5.74, 6) is 0. The van der Waals surface area contributed by atoms with Crippen molar-refractivity contribution in [2.24, 2.45) is 10.2 Å². The third kappa shape index (κ3) is 3.10. The number of urea groups is 1. The van der Waals surface area contributed by atoms with Gasteiger partial charge in [0.25, 0.3) is 0 Å². The molecule has 0 saturated heterocycles. The molecule has 2 amide bonds. The topological polar surface area (TPSA) is 51.5 Å². The maximum Gasteiger partial charge on any atom is 0.365 e. The van der Waals surface area contributed by atoms with Gasteiger partial charge in [-0.1, -0.05) is 35.4 Å². The highest BCUT2D eigenvalue weighted by Gasteiger charge is 2.38. The van der Waals surface area contributed by atoms with Gasteiger partial charge in [0.15, 0.2) is 6.17 Å². The molecule has 4 rings (SSSR count). The number of hydrogen-bond donors (Lipinski definition) is 0. The zero-order chi connectivity index (χ0) is 16.7. The van der Waals surface area contributed by atoms with Crippen LogP contribution in [-0.4, -0.2) is 36.6 Å². The monoisotopic (exact) mass is 357 g/mol. The molecule has 130 valence electrons. The fourth-order valence-electron chi connectivity index (χ4n) is 3.24. The summed E-state index contributed by atoms with van der Waals surface area (Å²) in [7, 11) is 4.11. The van der Waals surface area contributed by atoms with E-state index < -0.39 is 0 Å². The second-order valence-corrected chi connectivity index (χ2v) is 6.37. The van der Waals surface area contributed by atoms with Gasteiger partial charge in [0.2, 0.25) is 0 Å². The highest BCUT2D eigenvalue weighted by atomic mass is 35.5. The average molecular weight is 358 g/mol. The first-order valence-corrected chi connectivity index (χ1v) is 7.95. The highest BCUT2D eigenvalue weighted by Crippen LogP contribution is 2.42. The Kier molecular flexibility index (Phi) is 4.74. The number of fused-ring (bicyclic) bond motifs is 3. The number of carbonyl (C=O) groups is 1. The zero-order valence-electron chi connectivity index (χ0n) is 14.2. The fraction of sp³-hybridized carbons (Fsp3) is 0.278. The average Bonchev–Trinajstić information content (AvgIpc) is 2.96. The van der Waals surface area contributed by atoms with Crippen LogP contribution in [0.2, 0.25) is 0 Å². The van der Waals surface area contributed by atoms with Crippen molar-refractivity contribution >= 4 is 29.8 Å². The minimum atomic E-state index is -0.294. The second-order valence-electron chi connectivity index (χ2n) is 6.37. The van der Waals surface area contributed by atoms with Crippen molar-refractivity contribution in [1.29, 1.82) is 0 Å². The van der Waals surface area contributed by atoms with Crippen LogP contribution in [0, 0.1) is 0 Å². The first-order chi connectivity index (χ1) is 11.6. The molecule has 2 aliphatic heterocycles. The number of benzene rings is 2. The first kappa shape index (κ1) is 17.4. The van der Waals surface area contributed by atoms with Gasteiger partial charge in [-0.25, -0.2) is 4.79 Å². The lowest BCUT2D eigenvalue weighted by molar-refractivity contribution is 0.199. The second kappa shape index (κ2) is 6.82. The predicted molar refractivity (Wildman–Crippen MR) is 99.4 cm³/mol. The lowest BCUT2D eigenvalue weighted by Gasteiger charge is -2.38.